The topological polar surface area (TPSA) is 36.9 Å². The normalized spacial score (nSPS) is 13.1. The number of hydrogen-bond donors (Lipinski definition) is 0. The van der Waals surface area contributed by atoms with Crippen molar-refractivity contribution in [3.05, 3.63) is 0 Å². The molecular formula is C8H17F3O4Si. The molecule has 4 nitrogen and oxygen atoms in total. The van der Waals surface area contributed by atoms with Crippen LogP contribution in [0.25, 0.3) is 0 Å². The molecule has 98 valence electrons. The summed E-state index contributed by atoms with van der Waals surface area (Å²) in [5.74, 6) is 0. The van der Waals surface area contributed by atoms with Crippen molar-refractivity contribution in [2.45, 2.75) is 26.9 Å². The molecule has 0 aliphatic carbocycles. The van der Waals surface area contributed by atoms with E-state index in [9.17, 15) is 13.2 Å². The van der Waals surface area contributed by atoms with Gasteiger partial charge in [-0.1, -0.05) is 0 Å². The van der Waals surface area contributed by atoms with Crippen LogP contribution in [0.5, 0.6) is 0 Å². The predicted octanol–water partition coefficient (Wildman–Crippen LogP) is 2.11. The molecule has 0 saturated carbocycles. The van der Waals surface area contributed by atoms with Crippen LogP contribution in [-0.2, 0) is 17.7 Å². The van der Waals surface area contributed by atoms with Crippen LogP contribution in [0, 0.1) is 0 Å². The van der Waals surface area contributed by atoms with Gasteiger partial charge in [-0.3, -0.25) is 0 Å². The predicted molar refractivity (Wildman–Crippen MR) is 52.6 cm³/mol. The van der Waals surface area contributed by atoms with Crippen molar-refractivity contribution in [3.63, 3.8) is 0 Å². The van der Waals surface area contributed by atoms with E-state index >= 15 is 0 Å². The van der Waals surface area contributed by atoms with Crippen LogP contribution in [0.3, 0.4) is 0 Å². The quantitative estimate of drug-likeness (QED) is 0.628. The SMILES string of the molecule is CCO[Si](OCC)(OCC)OCC(F)(F)F. The first kappa shape index (κ1) is 15.8. The van der Waals surface area contributed by atoms with Crippen molar-refractivity contribution in [1.82, 2.24) is 0 Å². The van der Waals surface area contributed by atoms with Crippen molar-refractivity contribution in [1.29, 1.82) is 0 Å². The molecule has 0 atom stereocenters. The standard InChI is InChI=1S/C8H17F3O4Si/c1-4-12-16(13-5-2,14-6-3)15-7-8(9,10)11/h4-7H2,1-3H3. The Labute approximate surface area is 94.1 Å². The molecule has 0 radical (unpaired) electrons. The average molecular weight is 262 g/mol. The molecule has 0 rings (SSSR count). The van der Waals surface area contributed by atoms with E-state index in [1.165, 1.54) is 0 Å². The van der Waals surface area contributed by atoms with Crippen LogP contribution in [0.1, 0.15) is 20.8 Å². The minimum absolute atomic E-state index is 0.171. The molecule has 0 spiro atoms. The molecule has 0 amide bonds. The molecule has 16 heavy (non-hydrogen) atoms. The molecule has 8 heteroatoms. The zero-order valence-electron chi connectivity index (χ0n) is 9.60. The second-order valence-corrected chi connectivity index (χ2v) is 4.86. The van der Waals surface area contributed by atoms with E-state index < -0.39 is 21.8 Å². The first-order chi connectivity index (χ1) is 7.39. The highest BCUT2D eigenvalue weighted by Gasteiger charge is 2.47. The van der Waals surface area contributed by atoms with E-state index in [2.05, 4.69) is 4.43 Å². The van der Waals surface area contributed by atoms with Gasteiger partial charge in [0.15, 0.2) is 0 Å². The fraction of sp³-hybridized carbons (Fsp3) is 1.00. The molecule has 0 unspecified atom stereocenters. The highest BCUT2D eigenvalue weighted by molar-refractivity contribution is 6.53. The second-order valence-electron chi connectivity index (χ2n) is 2.70. The summed E-state index contributed by atoms with van der Waals surface area (Å²) in [6.45, 7) is 3.99. The van der Waals surface area contributed by atoms with Crippen LogP contribution in [0.15, 0.2) is 0 Å². The summed E-state index contributed by atoms with van der Waals surface area (Å²) in [7, 11) is -3.63. The van der Waals surface area contributed by atoms with Gasteiger partial charge in [0.1, 0.15) is 6.61 Å². The van der Waals surface area contributed by atoms with Crippen LogP contribution < -0.4 is 0 Å². The molecular weight excluding hydrogens is 245 g/mol. The Morgan fingerprint density at radius 3 is 1.44 bits per heavy atom. The third kappa shape index (κ3) is 6.43. The van der Waals surface area contributed by atoms with E-state index in [-0.39, 0.29) is 19.8 Å². The number of alkyl halides is 3. The zero-order valence-corrected chi connectivity index (χ0v) is 10.6. The third-order valence-corrected chi connectivity index (χ3v) is 3.80. The fourth-order valence-corrected chi connectivity index (χ4v) is 2.85. The maximum Gasteiger partial charge on any atom is 0.680 e. The summed E-state index contributed by atoms with van der Waals surface area (Å²) in [5.41, 5.74) is 0. The Balaban J connectivity index is 4.46. The Bertz CT molecular complexity index is 172. The lowest BCUT2D eigenvalue weighted by molar-refractivity contribution is -0.174. The highest BCUT2D eigenvalue weighted by Crippen LogP contribution is 2.20. The van der Waals surface area contributed by atoms with Gasteiger partial charge >= 0.3 is 15.2 Å². The van der Waals surface area contributed by atoms with Gasteiger partial charge in [-0.15, -0.1) is 0 Å². The van der Waals surface area contributed by atoms with Gasteiger partial charge in [-0.05, 0) is 20.8 Å². The van der Waals surface area contributed by atoms with Gasteiger partial charge in [-0.25, -0.2) is 0 Å². The van der Waals surface area contributed by atoms with Crippen molar-refractivity contribution >= 4 is 9.05 Å². The maximum atomic E-state index is 12.0. The first-order valence-electron chi connectivity index (χ1n) is 5.01. The van der Waals surface area contributed by atoms with Gasteiger partial charge in [0, 0.05) is 19.8 Å². The van der Waals surface area contributed by atoms with E-state index in [0.717, 1.165) is 0 Å². The number of rotatable bonds is 8. The van der Waals surface area contributed by atoms with Crippen molar-refractivity contribution in [2.24, 2.45) is 0 Å². The van der Waals surface area contributed by atoms with Crippen molar-refractivity contribution in [2.75, 3.05) is 26.4 Å². The number of hydrogen-bond acceptors (Lipinski definition) is 4. The molecule has 0 bridgehead atoms. The van der Waals surface area contributed by atoms with E-state index in [0.29, 0.717) is 0 Å². The lowest BCUT2D eigenvalue weighted by Gasteiger charge is -2.27. The van der Waals surface area contributed by atoms with Crippen LogP contribution in [0.2, 0.25) is 0 Å². The molecule has 0 fully saturated rings. The third-order valence-electron chi connectivity index (χ3n) is 1.38. The largest absolute Gasteiger partial charge is 0.680 e. The lowest BCUT2D eigenvalue weighted by atomic mass is 10.7. The summed E-state index contributed by atoms with van der Waals surface area (Å²) in [4.78, 5) is 0. The van der Waals surface area contributed by atoms with Gasteiger partial charge < -0.3 is 17.7 Å². The van der Waals surface area contributed by atoms with Crippen LogP contribution in [-0.4, -0.2) is 41.7 Å². The van der Waals surface area contributed by atoms with Crippen LogP contribution in [0.4, 0.5) is 13.2 Å². The lowest BCUT2D eigenvalue weighted by Crippen LogP contribution is -2.51. The van der Waals surface area contributed by atoms with Gasteiger partial charge in [0.05, 0.1) is 0 Å². The monoisotopic (exact) mass is 262 g/mol. The highest BCUT2D eigenvalue weighted by atomic mass is 28.4. The molecule has 0 saturated heterocycles. The Morgan fingerprint density at radius 2 is 1.19 bits per heavy atom. The molecule has 0 heterocycles. The Morgan fingerprint density at radius 1 is 0.812 bits per heavy atom. The summed E-state index contributed by atoms with van der Waals surface area (Å²) in [6, 6.07) is 0. The summed E-state index contributed by atoms with van der Waals surface area (Å²) >= 11 is 0. The van der Waals surface area contributed by atoms with E-state index in [1.807, 2.05) is 0 Å². The Kier molecular flexibility index (Phi) is 7.16. The zero-order chi connectivity index (χ0) is 12.7. The number of halogens is 3. The maximum absolute atomic E-state index is 12.0. The van der Waals surface area contributed by atoms with Crippen LogP contribution >= 0.6 is 0 Å². The molecule has 0 aromatic heterocycles. The minimum Gasteiger partial charge on any atom is -0.351 e. The summed E-state index contributed by atoms with van der Waals surface area (Å²) in [5, 5.41) is 0. The van der Waals surface area contributed by atoms with Gasteiger partial charge in [0.25, 0.3) is 0 Å². The molecule has 0 N–H and O–H groups in total. The molecule has 0 aliphatic rings. The second kappa shape index (κ2) is 7.23. The van der Waals surface area contributed by atoms with E-state index in [4.69, 9.17) is 13.3 Å². The van der Waals surface area contributed by atoms with E-state index in [1.54, 1.807) is 20.8 Å². The Hall–Kier alpha value is -0.153. The first-order valence-corrected chi connectivity index (χ1v) is 6.65. The fourth-order valence-electron chi connectivity index (χ4n) is 0.951. The van der Waals surface area contributed by atoms with Crippen molar-refractivity contribution < 1.29 is 30.9 Å². The minimum atomic E-state index is -4.43. The average Bonchev–Trinajstić information content (AvgIpc) is 2.15. The summed E-state index contributed by atoms with van der Waals surface area (Å²) < 4.78 is 56.0. The molecule has 0 aromatic rings. The summed E-state index contributed by atoms with van der Waals surface area (Å²) in [6.07, 6.45) is -4.43. The molecule has 0 aromatic carbocycles. The molecule has 0 aliphatic heterocycles. The van der Waals surface area contributed by atoms with Gasteiger partial charge in [-0.2, -0.15) is 13.2 Å². The smallest absolute Gasteiger partial charge is 0.351 e. The van der Waals surface area contributed by atoms with Gasteiger partial charge in [0.2, 0.25) is 0 Å². The van der Waals surface area contributed by atoms with Crippen molar-refractivity contribution in [3.8, 4) is 0 Å².